The van der Waals surface area contributed by atoms with E-state index in [9.17, 15) is 9.59 Å². The fraction of sp³-hybridized carbons (Fsp3) is 0.560. The summed E-state index contributed by atoms with van der Waals surface area (Å²) in [5, 5.41) is 3.90. The molecule has 0 spiro atoms. The first-order valence-electron chi connectivity index (χ1n) is 11.4. The zero-order valence-electron chi connectivity index (χ0n) is 18.1. The van der Waals surface area contributed by atoms with Gasteiger partial charge in [0, 0.05) is 17.1 Å². The molecule has 1 fully saturated rings. The first kappa shape index (κ1) is 20.8. The minimum atomic E-state index is -0.410. The van der Waals surface area contributed by atoms with E-state index in [-0.39, 0.29) is 18.6 Å². The minimum Gasteiger partial charge on any atom is -0.452 e. The fourth-order valence-electron chi connectivity index (χ4n) is 5.02. The standard InChI is InChI=1S/C25H32N2O3/c1-16-9-8-14-20(17(16)2)27-23(28)15-30-25(29)24-18-10-4-3-5-12-21(18)26-22-13-7-6-11-19(22)24/h6-7,11,13,16-17,20H,3-5,8-10,12,14-15H2,1-2H3,(H,27,28). The summed E-state index contributed by atoms with van der Waals surface area (Å²) in [5.41, 5.74) is 3.43. The molecule has 160 valence electrons. The highest BCUT2D eigenvalue weighted by Gasteiger charge is 2.29. The molecule has 0 bridgehead atoms. The van der Waals surface area contributed by atoms with Crippen LogP contribution in [0.25, 0.3) is 10.9 Å². The Morgan fingerprint density at radius 3 is 2.73 bits per heavy atom. The number of hydrogen-bond acceptors (Lipinski definition) is 4. The van der Waals surface area contributed by atoms with Gasteiger partial charge in [-0.2, -0.15) is 0 Å². The van der Waals surface area contributed by atoms with Gasteiger partial charge in [-0.25, -0.2) is 4.79 Å². The summed E-state index contributed by atoms with van der Waals surface area (Å²) in [7, 11) is 0. The van der Waals surface area contributed by atoms with Crippen molar-refractivity contribution in [3.8, 4) is 0 Å². The number of ether oxygens (including phenoxy) is 1. The van der Waals surface area contributed by atoms with Crippen molar-refractivity contribution in [3.63, 3.8) is 0 Å². The average Bonchev–Trinajstić information content (AvgIpc) is 2.98. The van der Waals surface area contributed by atoms with E-state index in [0.29, 0.717) is 17.4 Å². The minimum absolute atomic E-state index is 0.165. The average molecular weight is 409 g/mol. The molecular weight excluding hydrogens is 376 g/mol. The number of aryl methyl sites for hydroxylation is 1. The van der Waals surface area contributed by atoms with Gasteiger partial charge in [0.2, 0.25) is 0 Å². The number of nitrogens with one attached hydrogen (secondary N) is 1. The molecule has 5 nitrogen and oxygen atoms in total. The summed E-state index contributed by atoms with van der Waals surface area (Å²) in [6.45, 7) is 4.20. The van der Waals surface area contributed by atoms with Gasteiger partial charge in [0.05, 0.1) is 11.1 Å². The molecule has 3 atom stereocenters. The first-order valence-corrected chi connectivity index (χ1v) is 11.4. The third-order valence-electron chi connectivity index (χ3n) is 7.01. The van der Waals surface area contributed by atoms with Crippen molar-refractivity contribution in [2.45, 2.75) is 71.3 Å². The van der Waals surface area contributed by atoms with Crippen LogP contribution >= 0.6 is 0 Å². The number of pyridine rings is 1. The number of para-hydroxylation sites is 1. The molecule has 2 aliphatic rings. The number of nitrogens with zero attached hydrogens (tertiary/aromatic N) is 1. The maximum absolute atomic E-state index is 13.1. The zero-order chi connectivity index (χ0) is 21.1. The van der Waals surface area contributed by atoms with Crippen LogP contribution in [0.3, 0.4) is 0 Å². The van der Waals surface area contributed by atoms with Crippen LogP contribution in [-0.4, -0.2) is 29.5 Å². The van der Waals surface area contributed by atoms with E-state index in [2.05, 4.69) is 19.2 Å². The monoisotopic (exact) mass is 408 g/mol. The summed E-state index contributed by atoms with van der Waals surface area (Å²) in [6.07, 6.45) is 8.34. The van der Waals surface area contributed by atoms with Gasteiger partial charge in [-0.1, -0.05) is 51.3 Å². The quantitative estimate of drug-likeness (QED) is 0.593. The van der Waals surface area contributed by atoms with Gasteiger partial charge in [-0.15, -0.1) is 0 Å². The molecule has 2 aromatic rings. The van der Waals surface area contributed by atoms with Crippen molar-refractivity contribution < 1.29 is 14.3 Å². The van der Waals surface area contributed by atoms with Crippen LogP contribution in [0.1, 0.15) is 74.0 Å². The molecule has 0 aliphatic heterocycles. The molecule has 1 amide bonds. The third kappa shape index (κ3) is 4.35. The Balaban J connectivity index is 1.50. The Morgan fingerprint density at radius 1 is 1.07 bits per heavy atom. The normalized spacial score (nSPS) is 24.0. The molecule has 30 heavy (non-hydrogen) atoms. The van der Waals surface area contributed by atoms with E-state index >= 15 is 0 Å². The predicted molar refractivity (Wildman–Crippen MR) is 117 cm³/mol. The highest BCUT2D eigenvalue weighted by Crippen LogP contribution is 2.30. The summed E-state index contributed by atoms with van der Waals surface area (Å²) >= 11 is 0. The maximum atomic E-state index is 13.1. The molecule has 1 saturated carbocycles. The lowest BCUT2D eigenvalue weighted by Gasteiger charge is -2.34. The van der Waals surface area contributed by atoms with Crippen molar-refractivity contribution in [2.24, 2.45) is 11.8 Å². The lowest BCUT2D eigenvalue weighted by molar-refractivity contribution is -0.125. The zero-order valence-corrected chi connectivity index (χ0v) is 18.1. The molecule has 3 unspecified atom stereocenters. The van der Waals surface area contributed by atoms with E-state index in [0.717, 1.165) is 67.1 Å². The van der Waals surface area contributed by atoms with Gasteiger partial charge in [0.1, 0.15) is 0 Å². The van der Waals surface area contributed by atoms with Crippen LogP contribution < -0.4 is 5.32 Å². The lowest BCUT2D eigenvalue weighted by Crippen LogP contribution is -2.45. The lowest BCUT2D eigenvalue weighted by atomic mass is 9.78. The predicted octanol–water partition coefficient (Wildman–Crippen LogP) is 4.60. The molecule has 1 aromatic heterocycles. The highest BCUT2D eigenvalue weighted by molar-refractivity contribution is 6.05. The SMILES string of the molecule is CC1CCCC(NC(=O)COC(=O)c2c3c(nc4ccccc24)CCCCC3)C1C. The van der Waals surface area contributed by atoms with Gasteiger partial charge in [0.15, 0.2) is 6.61 Å². The Hall–Kier alpha value is -2.43. The van der Waals surface area contributed by atoms with Gasteiger partial charge < -0.3 is 10.1 Å². The molecule has 1 aromatic carbocycles. The van der Waals surface area contributed by atoms with Gasteiger partial charge in [0.25, 0.3) is 5.91 Å². The van der Waals surface area contributed by atoms with E-state index in [1.807, 2.05) is 24.3 Å². The van der Waals surface area contributed by atoms with Crippen molar-refractivity contribution in [1.29, 1.82) is 0 Å². The van der Waals surface area contributed by atoms with E-state index in [1.54, 1.807) is 0 Å². The van der Waals surface area contributed by atoms with Gasteiger partial charge >= 0.3 is 5.97 Å². The van der Waals surface area contributed by atoms with Crippen LogP contribution in [-0.2, 0) is 22.4 Å². The third-order valence-corrected chi connectivity index (χ3v) is 7.01. The smallest absolute Gasteiger partial charge is 0.339 e. The van der Waals surface area contributed by atoms with Crippen LogP contribution in [0.4, 0.5) is 0 Å². The van der Waals surface area contributed by atoms with Crippen molar-refractivity contribution in [2.75, 3.05) is 6.61 Å². The van der Waals surface area contributed by atoms with Crippen LogP contribution in [0, 0.1) is 11.8 Å². The highest BCUT2D eigenvalue weighted by atomic mass is 16.5. The summed E-state index contributed by atoms with van der Waals surface area (Å²) < 4.78 is 5.53. The van der Waals surface area contributed by atoms with Crippen LogP contribution in [0.5, 0.6) is 0 Å². The van der Waals surface area contributed by atoms with Crippen molar-refractivity contribution in [1.82, 2.24) is 10.3 Å². The summed E-state index contributed by atoms with van der Waals surface area (Å²) in [6, 6.07) is 7.89. The maximum Gasteiger partial charge on any atom is 0.339 e. The van der Waals surface area contributed by atoms with E-state index in [4.69, 9.17) is 9.72 Å². The summed E-state index contributed by atoms with van der Waals surface area (Å²) in [4.78, 5) is 30.5. The first-order chi connectivity index (χ1) is 14.5. The molecule has 0 saturated heterocycles. The van der Waals surface area contributed by atoms with Crippen molar-refractivity contribution >= 4 is 22.8 Å². The number of aromatic nitrogens is 1. The number of benzene rings is 1. The number of hydrogen-bond donors (Lipinski definition) is 1. The Kier molecular flexibility index (Phi) is 6.35. The summed E-state index contributed by atoms with van der Waals surface area (Å²) in [5.74, 6) is 0.425. The Labute approximate surface area is 178 Å². The number of fused-ring (bicyclic) bond motifs is 2. The van der Waals surface area contributed by atoms with Gasteiger partial charge in [-0.3, -0.25) is 9.78 Å². The van der Waals surface area contributed by atoms with Gasteiger partial charge in [-0.05, 0) is 55.6 Å². The number of rotatable bonds is 4. The second-order valence-electron chi connectivity index (χ2n) is 9.01. The second kappa shape index (κ2) is 9.15. The fourth-order valence-corrected chi connectivity index (χ4v) is 5.02. The van der Waals surface area contributed by atoms with Crippen LogP contribution in [0.15, 0.2) is 24.3 Å². The number of amides is 1. The number of carbonyl (C=O) groups is 2. The molecule has 0 radical (unpaired) electrons. The Morgan fingerprint density at radius 2 is 1.87 bits per heavy atom. The largest absolute Gasteiger partial charge is 0.452 e. The molecule has 1 N–H and O–H groups in total. The Bertz CT molecular complexity index is 939. The number of carbonyl (C=O) groups excluding carboxylic acids is 2. The van der Waals surface area contributed by atoms with Crippen molar-refractivity contribution in [3.05, 3.63) is 41.1 Å². The van der Waals surface area contributed by atoms with E-state index < -0.39 is 5.97 Å². The molecule has 5 heteroatoms. The van der Waals surface area contributed by atoms with Crippen LogP contribution in [0.2, 0.25) is 0 Å². The second-order valence-corrected chi connectivity index (χ2v) is 9.01. The number of esters is 1. The molecule has 1 heterocycles. The van der Waals surface area contributed by atoms with E-state index in [1.165, 1.54) is 6.42 Å². The molecule has 4 rings (SSSR count). The molecule has 2 aliphatic carbocycles. The molecular formula is C25H32N2O3. The topological polar surface area (TPSA) is 68.3 Å².